The second-order valence-electron chi connectivity index (χ2n) is 7.33. The summed E-state index contributed by atoms with van der Waals surface area (Å²) in [6.07, 6.45) is 6.35. The zero-order chi connectivity index (χ0) is 18.1. The van der Waals surface area contributed by atoms with E-state index in [1.54, 1.807) is 18.4 Å². The van der Waals surface area contributed by atoms with Crippen molar-refractivity contribution in [3.05, 3.63) is 16.1 Å². The number of guanidine groups is 1. The highest BCUT2D eigenvalue weighted by molar-refractivity contribution is 14.0. The van der Waals surface area contributed by atoms with E-state index in [4.69, 9.17) is 9.73 Å². The maximum absolute atomic E-state index is 5.33. The van der Waals surface area contributed by atoms with Crippen molar-refractivity contribution < 1.29 is 4.74 Å². The number of halogens is 1. The average Bonchev–Trinajstić information content (AvgIpc) is 3.26. The maximum Gasteiger partial charge on any atom is 0.191 e. The summed E-state index contributed by atoms with van der Waals surface area (Å²) in [5.41, 5.74) is 1.42. The largest absolute Gasteiger partial charge is 0.385 e. The van der Waals surface area contributed by atoms with Crippen molar-refractivity contribution >= 4 is 41.3 Å². The molecule has 26 heavy (non-hydrogen) atoms. The highest BCUT2D eigenvalue weighted by atomic mass is 127. The Morgan fingerprint density at radius 2 is 2.08 bits per heavy atom. The lowest BCUT2D eigenvalue weighted by Crippen LogP contribution is -2.43. The summed E-state index contributed by atoms with van der Waals surface area (Å²) in [4.78, 5) is 9.41. The van der Waals surface area contributed by atoms with Crippen LogP contribution in [0, 0.1) is 5.41 Å². The molecule has 0 unspecified atom stereocenters. The van der Waals surface area contributed by atoms with Gasteiger partial charge in [0.15, 0.2) is 5.96 Å². The van der Waals surface area contributed by atoms with Crippen molar-refractivity contribution in [2.45, 2.75) is 65.3 Å². The van der Waals surface area contributed by atoms with Crippen LogP contribution in [0.25, 0.3) is 0 Å². The van der Waals surface area contributed by atoms with Crippen molar-refractivity contribution in [1.82, 2.24) is 15.6 Å². The third-order valence-electron chi connectivity index (χ3n) is 4.94. The molecule has 0 spiro atoms. The Labute approximate surface area is 179 Å². The van der Waals surface area contributed by atoms with Crippen molar-refractivity contribution in [3.8, 4) is 0 Å². The minimum absolute atomic E-state index is 0. The molecule has 1 saturated carbocycles. The van der Waals surface area contributed by atoms with Gasteiger partial charge in [-0.3, -0.25) is 0 Å². The third kappa shape index (κ3) is 7.31. The Morgan fingerprint density at radius 1 is 1.35 bits per heavy atom. The number of hydrogen-bond donors (Lipinski definition) is 2. The molecule has 0 atom stereocenters. The summed E-state index contributed by atoms with van der Waals surface area (Å²) < 4.78 is 5.33. The summed E-state index contributed by atoms with van der Waals surface area (Å²) in [6.45, 7) is 9.77. The van der Waals surface area contributed by atoms with Crippen LogP contribution < -0.4 is 10.6 Å². The van der Waals surface area contributed by atoms with E-state index >= 15 is 0 Å². The van der Waals surface area contributed by atoms with Crippen molar-refractivity contribution in [2.24, 2.45) is 10.4 Å². The van der Waals surface area contributed by atoms with E-state index in [1.807, 2.05) is 0 Å². The highest BCUT2D eigenvalue weighted by Crippen LogP contribution is 2.40. The molecule has 0 aromatic carbocycles. The smallest absolute Gasteiger partial charge is 0.191 e. The quantitative estimate of drug-likeness (QED) is 0.301. The summed E-state index contributed by atoms with van der Waals surface area (Å²) in [5.74, 6) is 1.38. The molecule has 0 aliphatic heterocycles. The van der Waals surface area contributed by atoms with Crippen LogP contribution in [0.5, 0.6) is 0 Å². The lowest BCUT2D eigenvalue weighted by Gasteiger charge is -2.30. The zero-order valence-corrected chi connectivity index (χ0v) is 19.8. The van der Waals surface area contributed by atoms with E-state index in [9.17, 15) is 0 Å². The molecule has 1 aliphatic carbocycles. The van der Waals surface area contributed by atoms with Gasteiger partial charge in [-0.1, -0.05) is 26.7 Å². The fourth-order valence-corrected chi connectivity index (χ4v) is 4.22. The average molecular weight is 494 g/mol. The molecule has 0 saturated heterocycles. The van der Waals surface area contributed by atoms with E-state index in [0.717, 1.165) is 37.8 Å². The molecular formula is C19H35IN4OS. The zero-order valence-electron chi connectivity index (χ0n) is 16.6. The van der Waals surface area contributed by atoms with Crippen molar-refractivity contribution in [3.63, 3.8) is 0 Å². The fourth-order valence-electron chi connectivity index (χ4n) is 3.39. The number of rotatable bonds is 9. The molecule has 2 N–H and O–H groups in total. The van der Waals surface area contributed by atoms with Gasteiger partial charge in [0.2, 0.25) is 0 Å². The third-order valence-corrected chi connectivity index (χ3v) is 6.13. The second-order valence-corrected chi connectivity index (χ2v) is 8.22. The predicted octanol–water partition coefficient (Wildman–Crippen LogP) is 4.54. The van der Waals surface area contributed by atoms with Crippen LogP contribution in [0.15, 0.2) is 10.4 Å². The second kappa shape index (κ2) is 12.1. The summed E-state index contributed by atoms with van der Waals surface area (Å²) in [7, 11) is 1.79. The van der Waals surface area contributed by atoms with Gasteiger partial charge in [0.25, 0.3) is 0 Å². The SMILES string of the molecule is CCNC(=NCc1csc(C(C)C)n1)NCC1(CCOC)CCCC1.I. The van der Waals surface area contributed by atoms with E-state index in [1.165, 1.54) is 30.7 Å². The molecule has 1 fully saturated rings. The van der Waals surface area contributed by atoms with Crippen LogP contribution in [0.4, 0.5) is 0 Å². The van der Waals surface area contributed by atoms with E-state index in [0.29, 0.717) is 17.9 Å². The molecular weight excluding hydrogens is 459 g/mol. The van der Waals surface area contributed by atoms with Gasteiger partial charge < -0.3 is 15.4 Å². The molecule has 1 heterocycles. The molecule has 2 rings (SSSR count). The molecule has 5 nitrogen and oxygen atoms in total. The molecule has 1 aliphatic rings. The van der Waals surface area contributed by atoms with Crippen LogP contribution in [0.3, 0.4) is 0 Å². The molecule has 7 heteroatoms. The number of nitrogens with zero attached hydrogens (tertiary/aromatic N) is 2. The van der Waals surface area contributed by atoms with Crippen LogP contribution in [-0.4, -0.2) is 37.7 Å². The first kappa shape index (κ1) is 23.6. The van der Waals surface area contributed by atoms with E-state index in [-0.39, 0.29) is 24.0 Å². The number of aromatic nitrogens is 1. The minimum atomic E-state index is 0. The lowest BCUT2D eigenvalue weighted by molar-refractivity contribution is 0.138. The van der Waals surface area contributed by atoms with Crippen LogP contribution in [0.2, 0.25) is 0 Å². The van der Waals surface area contributed by atoms with Gasteiger partial charge in [-0.2, -0.15) is 0 Å². The van der Waals surface area contributed by atoms with Gasteiger partial charge >= 0.3 is 0 Å². The van der Waals surface area contributed by atoms with Crippen LogP contribution >= 0.6 is 35.3 Å². The number of hydrogen-bond acceptors (Lipinski definition) is 4. The Morgan fingerprint density at radius 3 is 2.65 bits per heavy atom. The monoisotopic (exact) mass is 494 g/mol. The Hall–Kier alpha value is -0.410. The van der Waals surface area contributed by atoms with Gasteiger partial charge in [-0.15, -0.1) is 35.3 Å². The van der Waals surface area contributed by atoms with E-state index < -0.39 is 0 Å². The number of ether oxygens (including phenoxy) is 1. The van der Waals surface area contributed by atoms with Gasteiger partial charge in [0.1, 0.15) is 0 Å². The summed E-state index contributed by atoms with van der Waals surface area (Å²) in [6, 6.07) is 0. The first-order chi connectivity index (χ1) is 12.1. The minimum Gasteiger partial charge on any atom is -0.385 e. The topological polar surface area (TPSA) is 58.5 Å². The van der Waals surface area contributed by atoms with Gasteiger partial charge in [0, 0.05) is 38.1 Å². The number of aliphatic imine (C=N–C) groups is 1. The Bertz CT molecular complexity index is 541. The van der Waals surface area contributed by atoms with Gasteiger partial charge in [-0.05, 0) is 31.6 Å². The van der Waals surface area contributed by atoms with Crippen molar-refractivity contribution in [2.75, 3.05) is 26.8 Å². The maximum atomic E-state index is 5.33. The number of methoxy groups -OCH3 is 1. The fraction of sp³-hybridized carbons (Fsp3) is 0.789. The molecule has 1 aromatic heterocycles. The molecule has 1 aromatic rings. The standard InChI is InChI=1S/C19H34N4OS.HI/c1-5-20-18(21-12-16-13-25-17(23-16)15(2)3)22-14-19(10-11-24-4)8-6-7-9-19;/h13,15H,5-12,14H2,1-4H3,(H2,20,21,22);1H. The molecule has 0 bridgehead atoms. The van der Waals surface area contributed by atoms with E-state index in [2.05, 4.69) is 41.8 Å². The summed E-state index contributed by atoms with van der Waals surface area (Å²) in [5, 5.41) is 10.2. The van der Waals surface area contributed by atoms with Crippen LogP contribution in [-0.2, 0) is 11.3 Å². The summed E-state index contributed by atoms with van der Waals surface area (Å²) >= 11 is 1.73. The van der Waals surface area contributed by atoms with Crippen molar-refractivity contribution in [1.29, 1.82) is 0 Å². The molecule has 150 valence electrons. The number of nitrogens with one attached hydrogen (secondary N) is 2. The highest BCUT2D eigenvalue weighted by Gasteiger charge is 2.33. The molecule has 0 amide bonds. The first-order valence-electron chi connectivity index (χ1n) is 9.54. The molecule has 0 radical (unpaired) electrons. The Balaban J connectivity index is 0.00000338. The van der Waals surface area contributed by atoms with Gasteiger partial charge in [0.05, 0.1) is 17.2 Å². The van der Waals surface area contributed by atoms with Crippen LogP contribution in [0.1, 0.15) is 69.5 Å². The number of thiazole rings is 1. The Kier molecular flexibility index (Phi) is 11.0. The lowest BCUT2D eigenvalue weighted by atomic mass is 9.83. The predicted molar refractivity (Wildman–Crippen MR) is 122 cm³/mol. The normalized spacial score (nSPS) is 16.6. The first-order valence-corrected chi connectivity index (χ1v) is 10.4. The van der Waals surface area contributed by atoms with Gasteiger partial charge in [-0.25, -0.2) is 9.98 Å².